The van der Waals surface area contributed by atoms with Gasteiger partial charge in [-0.05, 0) is 104 Å². The molecule has 1 aliphatic rings. The number of phenols is 2. The first-order chi connectivity index (χ1) is 16.9. The molecule has 1 saturated heterocycles. The summed E-state index contributed by atoms with van der Waals surface area (Å²) in [5, 5.41) is 32.6. The highest BCUT2D eigenvalue weighted by Gasteiger charge is 2.32. The lowest BCUT2D eigenvalue weighted by atomic mass is 9.85. The number of nitrogens with zero attached hydrogens (tertiary/aromatic N) is 1. The molecule has 1 atom stereocenters. The van der Waals surface area contributed by atoms with Crippen molar-refractivity contribution in [3.8, 4) is 27.7 Å². The van der Waals surface area contributed by atoms with Crippen LogP contribution in [-0.4, -0.2) is 46.5 Å². The largest absolute Gasteiger partial charge is 0.508 e. The smallest absolute Gasteiger partial charge is 0.119 e. The molecule has 35 heavy (non-hydrogen) atoms. The van der Waals surface area contributed by atoms with Crippen LogP contribution in [0.3, 0.4) is 0 Å². The summed E-state index contributed by atoms with van der Waals surface area (Å²) in [7, 11) is 0. The fourth-order valence-electron chi connectivity index (χ4n) is 4.88. The van der Waals surface area contributed by atoms with Gasteiger partial charge in [0.15, 0.2) is 0 Å². The van der Waals surface area contributed by atoms with E-state index in [9.17, 15) is 15.3 Å². The Morgan fingerprint density at radius 1 is 0.886 bits per heavy atom. The van der Waals surface area contributed by atoms with E-state index in [1.165, 1.54) is 30.6 Å². The Morgan fingerprint density at radius 2 is 1.57 bits per heavy atom. The molecule has 0 saturated carbocycles. The van der Waals surface area contributed by atoms with E-state index in [0.717, 1.165) is 57.0 Å². The zero-order valence-corrected chi connectivity index (χ0v) is 20.7. The van der Waals surface area contributed by atoms with Crippen LogP contribution in [0, 0.1) is 0 Å². The van der Waals surface area contributed by atoms with Crippen LogP contribution >= 0.6 is 11.3 Å². The number of thiophene rings is 1. The number of benzene rings is 3. The van der Waals surface area contributed by atoms with Crippen molar-refractivity contribution >= 4 is 21.4 Å². The number of hydrogen-bond acceptors (Lipinski definition) is 6. The van der Waals surface area contributed by atoms with Gasteiger partial charge in [-0.2, -0.15) is 0 Å². The van der Waals surface area contributed by atoms with E-state index in [-0.39, 0.29) is 11.5 Å². The lowest BCUT2D eigenvalue weighted by Crippen LogP contribution is -2.33. The number of ether oxygens (including phenoxy) is 1. The van der Waals surface area contributed by atoms with Crippen molar-refractivity contribution in [2.45, 2.75) is 31.8 Å². The summed E-state index contributed by atoms with van der Waals surface area (Å²) in [6.07, 6.45) is 3.87. The third-order valence-electron chi connectivity index (χ3n) is 6.83. The van der Waals surface area contributed by atoms with Crippen molar-refractivity contribution in [1.29, 1.82) is 0 Å². The van der Waals surface area contributed by atoms with Crippen molar-refractivity contribution < 1.29 is 20.1 Å². The molecule has 1 unspecified atom stereocenters. The minimum absolute atomic E-state index is 0.188. The molecule has 2 heterocycles. The first-order valence-electron chi connectivity index (χ1n) is 12.2. The first-order valence-corrected chi connectivity index (χ1v) is 13.0. The van der Waals surface area contributed by atoms with Crippen molar-refractivity contribution in [2.75, 3.05) is 26.2 Å². The monoisotopic (exact) mass is 489 g/mol. The van der Waals surface area contributed by atoms with Gasteiger partial charge >= 0.3 is 0 Å². The summed E-state index contributed by atoms with van der Waals surface area (Å²) in [5.74, 6) is 1.17. The number of hydrogen-bond donors (Lipinski definition) is 3. The number of likely N-dealkylation sites (tertiary alicyclic amines) is 1. The van der Waals surface area contributed by atoms with Gasteiger partial charge in [0.1, 0.15) is 29.5 Å². The molecule has 5 nitrogen and oxygen atoms in total. The van der Waals surface area contributed by atoms with Gasteiger partial charge in [-0.1, -0.05) is 18.6 Å². The number of aliphatic hydroxyl groups is 1. The molecule has 182 valence electrons. The zero-order valence-electron chi connectivity index (χ0n) is 19.9. The standard InChI is InChI=1S/C29H31NO4S/c1-29(33,21-7-12-24(13-8-21)34-18-17-30-15-3-2-4-16-30)27-25-14-11-23(32)19-26(25)35-28(27)20-5-9-22(31)10-6-20/h5-14,19,31-33H,2-4,15-18H2,1H3. The van der Waals surface area contributed by atoms with Crippen LogP contribution in [0.5, 0.6) is 17.2 Å². The fraction of sp³-hybridized carbons (Fsp3) is 0.310. The van der Waals surface area contributed by atoms with Crippen LogP contribution < -0.4 is 4.74 Å². The predicted octanol–water partition coefficient (Wildman–Crippen LogP) is 6.10. The second-order valence-electron chi connectivity index (χ2n) is 9.38. The highest BCUT2D eigenvalue weighted by molar-refractivity contribution is 7.22. The van der Waals surface area contributed by atoms with Crippen LogP contribution in [0.1, 0.15) is 37.3 Å². The molecular formula is C29H31NO4S. The molecule has 0 aliphatic carbocycles. The van der Waals surface area contributed by atoms with Crippen molar-refractivity contribution in [2.24, 2.45) is 0 Å². The van der Waals surface area contributed by atoms with Crippen LogP contribution in [0.4, 0.5) is 0 Å². The summed E-state index contributed by atoms with van der Waals surface area (Å²) >= 11 is 1.52. The second kappa shape index (κ2) is 9.90. The topological polar surface area (TPSA) is 73.2 Å². The molecule has 4 aromatic rings. The molecule has 0 bridgehead atoms. The average Bonchev–Trinajstić information content (AvgIpc) is 3.25. The Morgan fingerprint density at radius 3 is 2.29 bits per heavy atom. The summed E-state index contributed by atoms with van der Waals surface area (Å²) in [6, 6.07) is 19.9. The van der Waals surface area contributed by atoms with Gasteiger partial charge < -0.3 is 20.1 Å². The first kappa shape index (κ1) is 23.7. The van der Waals surface area contributed by atoms with Crippen molar-refractivity contribution in [1.82, 2.24) is 4.90 Å². The molecule has 1 aliphatic heterocycles. The van der Waals surface area contributed by atoms with Crippen molar-refractivity contribution in [3.63, 3.8) is 0 Å². The Labute approximate surface area is 209 Å². The summed E-state index contributed by atoms with van der Waals surface area (Å²) in [5.41, 5.74) is 1.15. The SMILES string of the molecule is CC(O)(c1ccc(OCCN2CCCCC2)cc1)c1c(-c2ccc(O)cc2)sc2cc(O)ccc12. The molecule has 6 heteroatoms. The maximum absolute atomic E-state index is 11.9. The Balaban J connectivity index is 1.43. The van der Waals surface area contributed by atoms with Gasteiger partial charge in [0.05, 0.1) is 0 Å². The van der Waals surface area contributed by atoms with E-state index in [1.807, 2.05) is 42.5 Å². The minimum atomic E-state index is -1.28. The Kier molecular flexibility index (Phi) is 6.69. The lowest BCUT2D eigenvalue weighted by molar-refractivity contribution is 0.105. The molecule has 1 aromatic heterocycles. The average molecular weight is 490 g/mol. The second-order valence-corrected chi connectivity index (χ2v) is 10.4. The fourth-order valence-corrected chi connectivity index (χ4v) is 6.22. The van der Waals surface area contributed by atoms with Gasteiger partial charge in [-0.25, -0.2) is 0 Å². The Bertz CT molecular complexity index is 1290. The maximum Gasteiger partial charge on any atom is 0.119 e. The molecule has 5 rings (SSSR count). The molecule has 3 aromatic carbocycles. The van der Waals surface area contributed by atoms with E-state index in [0.29, 0.717) is 6.61 Å². The molecule has 0 amide bonds. The summed E-state index contributed by atoms with van der Waals surface area (Å²) in [4.78, 5) is 3.35. The van der Waals surface area contributed by atoms with Gasteiger partial charge in [0.2, 0.25) is 0 Å². The maximum atomic E-state index is 11.9. The van der Waals surface area contributed by atoms with Crippen LogP contribution in [-0.2, 0) is 5.60 Å². The van der Waals surface area contributed by atoms with Crippen molar-refractivity contribution in [3.05, 3.63) is 77.9 Å². The van der Waals surface area contributed by atoms with Crippen LogP contribution in [0.2, 0.25) is 0 Å². The predicted molar refractivity (Wildman–Crippen MR) is 141 cm³/mol. The molecule has 1 fully saturated rings. The lowest BCUT2D eigenvalue weighted by Gasteiger charge is -2.27. The van der Waals surface area contributed by atoms with E-state index in [4.69, 9.17) is 4.74 Å². The third kappa shape index (κ3) is 5.01. The van der Waals surface area contributed by atoms with Gasteiger partial charge in [0.25, 0.3) is 0 Å². The molecule has 0 radical (unpaired) electrons. The summed E-state index contributed by atoms with van der Waals surface area (Å²) < 4.78 is 6.87. The van der Waals surface area contributed by atoms with Crippen LogP contribution in [0.15, 0.2) is 66.7 Å². The van der Waals surface area contributed by atoms with E-state index in [1.54, 1.807) is 31.2 Å². The molecule has 0 spiro atoms. The van der Waals surface area contributed by atoms with Crippen LogP contribution in [0.25, 0.3) is 20.5 Å². The molecular weight excluding hydrogens is 458 g/mol. The van der Waals surface area contributed by atoms with Gasteiger partial charge in [-0.15, -0.1) is 11.3 Å². The highest BCUT2D eigenvalue weighted by atomic mass is 32.1. The van der Waals surface area contributed by atoms with E-state index in [2.05, 4.69) is 4.90 Å². The number of aromatic hydroxyl groups is 2. The number of phenolic OH excluding ortho intramolecular Hbond substituents is 2. The van der Waals surface area contributed by atoms with E-state index >= 15 is 0 Å². The zero-order chi connectivity index (χ0) is 24.4. The van der Waals surface area contributed by atoms with Gasteiger partial charge in [0, 0.05) is 21.7 Å². The normalized spacial score (nSPS) is 16.3. The Hall–Kier alpha value is -3.06. The molecule has 3 N–H and O–H groups in total. The minimum Gasteiger partial charge on any atom is -0.508 e. The van der Waals surface area contributed by atoms with Gasteiger partial charge in [-0.3, -0.25) is 4.90 Å². The summed E-state index contributed by atoms with van der Waals surface area (Å²) in [6.45, 7) is 5.70. The van der Waals surface area contributed by atoms with E-state index < -0.39 is 5.60 Å². The highest BCUT2D eigenvalue weighted by Crippen LogP contribution is 2.47. The number of piperidine rings is 1. The number of rotatable bonds is 7. The number of fused-ring (bicyclic) bond motifs is 1. The quantitative estimate of drug-likeness (QED) is 0.293. The third-order valence-corrected chi connectivity index (χ3v) is 8.03.